The molecule has 0 saturated carbocycles. The van der Waals surface area contributed by atoms with E-state index in [0.29, 0.717) is 5.75 Å². The summed E-state index contributed by atoms with van der Waals surface area (Å²) >= 11 is 0. The Balaban J connectivity index is 2.13. The van der Waals surface area contributed by atoms with Gasteiger partial charge in [0.2, 0.25) is 0 Å². The average molecular weight is 299 g/mol. The molecule has 0 amide bonds. The standard InChI is InChI=1S/C19H25NO2/c1-13-8-4-5-9-15(13)12-14(2)18(20)19(21)16-10-6-7-11-17(16)22-3/h4-11,14,18-19,21H,12,20H2,1-3H3. The van der Waals surface area contributed by atoms with Gasteiger partial charge in [-0.1, -0.05) is 49.4 Å². The lowest BCUT2D eigenvalue weighted by atomic mass is 9.87. The van der Waals surface area contributed by atoms with Gasteiger partial charge in [0.25, 0.3) is 0 Å². The molecule has 0 aromatic heterocycles. The number of para-hydroxylation sites is 1. The maximum Gasteiger partial charge on any atom is 0.124 e. The van der Waals surface area contributed by atoms with E-state index in [-0.39, 0.29) is 12.0 Å². The van der Waals surface area contributed by atoms with E-state index in [0.717, 1.165) is 12.0 Å². The van der Waals surface area contributed by atoms with Gasteiger partial charge in [-0.25, -0.2) is 0 Å². The van der Waals surface area contributed by atoms with Crippen LogP contribution in [0.2, 0.25) is 0 Å². The van der Waals surface area contributed by atoms with Crippen LogP contribution in [-0.4, -0.2) is 18.3 Å². The number of ether oxygens (including phenoxy) is 1. The zero-order valence-corrected chi connectivity index (χ0v) is 13.5. The summed E-state index contributed by atoms with van der Waals surface area (Å²) in [5, 5.41) is 10.6. The van der Waals surface area contributed by atoms with E-state index in [2.05, 4.69) is 26.0 Å². The van der Waals surface area contributed by atoms with Crippen LogP contribution in [0.3, 0.4) is 0 Å². The first-order valence-electron chi connectivity index (χ1n) is 7.65. The Morgan fingerprint density at radius 2 is 1.73 bits per heavy atom. The van der Waals surface area contributed by atoms with Gasteiger partial charge < -0.3 is 15.6 Å². The molecule has 22 heavy (non-hydrogen) atoms. The van der Waals surface area contributed by atoms with Crippen molar-refractivity contribution < 1.29 is 9.84 Å². The first-order chi connectivity index (χ1) is 10.5. The summed E-state index contributed by atoms with van der Waals surface area (Å²) in [7, 11) is 1.60. The molecule has 118 valence electrons. The van der Waals surface area contributed by atoms with Crippen molar-refractivity contribution in [2.45, 2.75) is 32.4 Å². The first kappa shape index (κ1) is 16.5. The number of methoxy groups -OCH3 is 1. The molecule has 0 spiro atoms. The van der Waals surface area contributed by atoms with Crippen molar-refractivity contribution >= 4 is 0 Å². The van der Waals surface area contributed by atoms with Crippen molar-refractivity contribution in [1.82, 2.24) is 0 Å². The fraction of sp³-hybridized carbons (Fsp3) is 0.368. The number of aliphatic hydroxyl groups excluding tert-OH is 1. The molecular formula is C19H25NO2. The van der Waals surface area contributed by atoms with Gasteiger partial charge in [0.05, 0.1) is 13.2 Å². The number of aryl methyl sites for hydroxylation is 1. The molecule has 3 nitrogen and oxygen atoms in total. The fourth-order valence-corrected chi connectivity index (χ4v) is 2.75. The number of nitrogens with two attached hydrogens (primary N) is 1. The number of rotatable bonds is 6. The highest BCUT2D eigenvalue weighted by Crippen LogP contribution is 2.29. The summed E-state index contributed by atoms with van der Waals surface area (Å²) in [5.74, 6) is 0.828. The summed E-state index contributed by atoms with van der Waals surface area (Å²) in [4.78, 5) is 0. The van der Waals surface area contributed by atoms with Crippen LogP contribution in [0.1, 0.15) is 29.7 Å². The molecule has 0 radical (unpaired) electrons. The van der Waals surface area contributed by atoms with E-state index in [1.165, 1.54) is 11.1 Å². The Morgan fingerprint density at radius 3 is 2.41 bits per heavy atom. The number of hydrogen-bond donors (Lipinski definition) is 2. The average Bonchev–Trinajstić information content (AvgIpc) is 2.55. The number of aliphatic hydroxyl groups is 1. The van der Waals surface area contributed by atoms with Crippen LogP contribution in [-0.2, 0) is 6.42 Å². The van der Waals surface area contributed by atoms with Gasteiger partial charge in [0.15, 0.2) is 0 Å². The molecule has 3 unspecified atom stereocenters. The summed E-state index contributed by atoms with van der Waals surface area (Å²) in [6, 6.07) is 15.4. The van der Waals surface area contributed by atoms with Crippen LogP contribution < -0.4 is 10.5 Å². The predicted octanol–water partition coefficient (Wildman–Crippen LogP) is 3.24. The van der Waals surface area contributed by atoms with Gasteiger partial charge in [0.1, 0.15) is 5.75 Å². The van der Waals surface area contributed by atoms with Gasteiger partial charge in [-0.2, -0.15) is 0 Å². The second-order valence-electron chi connectivity index (χ2n) is 5.87. The SMILES string of the molecule is COc1ccccc1C(O)C(N)C(C)Cc1ccccc1C. The number of hydrogen-bond acceptors (Lipinski definition) is 3. The second-order valence-corrected chi connectivity index (χ2v) is 5.87. The molecule has 0 bridgehead atoms. The van der Waals surface area contributed by atoms with Crippen LogP contribution in [0.4, 0.5) is 0 Å². The van der Waals surface area contributed by atoms with Crippen molar-refractivity contribution in [3.05, 3.63) is 65.2 Å². The highest BCUT2D eigenvalue weighted by molar-refractivity contribution is 5.36. The zero-order chi connectivity index (χ0) is 16.1. The summed E-state index contributed by atoms with van der Waals surface area (Å²) in [6.07, 6.45) is 0.107. The van der Waals surface area contributed by atoms with Crippen LogP contribution >= 0.6 is 0 Å². The highest BCUT2D eigenvalue weighted by Gasteiger charge is 2.25. The van der Waals surface area contributed by atoms with Gasteiger partial charge >= 0.3 is 0 Å². The number of benzene rings is 2. The maximum atomic E-state index is 10.6. The molecule has 2 rings (SSSR count). The van der Waals surface area contributed by atoms with E-state index in [1.807, 2.05) is 36.4 Å². The van der Waals surface area contributed by atoms with E-state index >= 15 is 0 Å². The van der Waals surface area contributed by atoms with Crippen molar-refractivity contribution in [3.63, 3.8) is 0 Å². The molecule has 2 aromatic carbocycles. The molecule has 2 aromatic rings. The van der Waals surface area contributed by atoms with E-state index < -0.39 is 6.10 Å². The summed E-state index contributed by atoms with van der Waals surface area (Å²) in [5.41, 5.74) is 9.59. The monoisotopic (exact) mass is 299 g/mol. The van der Waals surface area contributed by atoms with Gasteiger partial charge in [-0.3, -0.25) is 0 Å². The van der Waals surface area contributed by atoms with E-state index in [1.54, 1.807) is 7.11 Å². The largest absolute Gasteiger partial charge is 0.496 e. The zero-order valence-electron chi connectivity index (χ0n) is 13.5. The molecule has 0 saturated heterocycles. The lowest BCUT2D eigenvalue weighted by Crippen LogP contribution is -2.36. The van der Waals surface area contributed by atoms with Crippen molar-refractivity contribution in [2.75, 3.05) is 7.11 Å². The highest BCUT2D eigenvalue weighted by atomic mass is 16.5. The minimum atomic E-state index is -0.741. The maximum absolute atomic E-state index is 10.6. The fourth-order valence-electron chi connectivity index (χ4n) is 2.75. The molecule has 0 aliphatic heterocycles. The third kappa shape index (κ3) is 3.67. The van der Waals surface area contributed by atoms with Crippen LogP contribution in [0.15, 0.2) is 48.5 Å². The Kier molecular flexibility index (Phi) is 5.58. The molecule has 3 heteroatoms. The van der Waals surface area contributed by atoms with Crippen LogP contribution in [0.5, 0.6) is 5.75 Å². The molecule has 0 aliphatic rings. The van der Waals surface area contributed by atoms with Crippen LogP contribution in [0, 0.1) is 12.8 Å². The Bertz CT molecular complexity index is 612. The first-order valence-corrected chi connectivity index (χ1v) is 7.65. The minimum absolute atomic E-state index is 0.154. The molecule has 0 heterocycles. The molecule has 0 aliphatic carbocycles. The van der Waals surface area contributed by atoms with Crippen molar-refractivity contribution in [2.24, 2.45) is 11.7 Å². The topological polar surface area (TPSA) is 55.5 Å². The summed E-state index contributed by atoms with van der Waals surface area (Å²) in [6.45, 7) is 4.18. The van der Waals surface area contributed by atoms with Gasteiger partial charge in [0, 0.05) is 11.6 Å². The predicted molar refractivity (Wildman–Crippen MR) is 90.0 cm³/mol. The molecule has 0 fully saturated rings. The van der Waals surface area contributed by atoms with Crippen molar-refractivity contribution in [3.8, 4) is 5.75 Å². The van der Waals surface area contributed by atoms with Gasteiger partial charge in [-0.05, 0) is 36.5 Å². The quantitative estimate of drug-likeness (QED) is 0.861. The van der Waals surface area contributed by atoms with Crippen molar-refractivity contribution in [1.29, 1.82) is 0 Å². The summed E-state index contributed by atoms with van der Waals surface area (Å²) < 4.78 is 5.32. The Labute approximate surface area is 132 Å². The molecular weight excluding hydrogens is 274 g/mol. The second kappa shape index (κ2) is 7.43. The smallest absolute Gasteiger partial charge is 0.124 e. The lowest BCUT2D eigenvalue weighted by molar-refractivity contribution is 0.118. The normalized spacial score (nSPS) is 15.1. The van der Waals surface area contributed by atoms with E-state index in [9.17, 15) is 5.11 Å². The Hall–Kier alpha value is -1.84. The lowest BCUT2D eigenvalue weighted by Gasteiger charge is -2.26. The van der Waals surface area contributed by atoms with Crippen LogP contribution in [0.25, 0.3) is 0 Å². The Morgan fingerprint density at radius 1 is 1.09 bits per heavy atom. The van der Waals surface area contributed by atoms with E-state index in [4.69, 9.17) is 10.5 Å². The third-order valence-electron chi connectivity index (χ3n) is 4.28. The molecule has 3 N–H and O–H groups in total. The van der Waals surface area contributed by atoms with Gasteiger partial charge in [-0.15, -0.1) is 0 Å². The minimum Gasteiger partial charge on any atom is -0.496 e. The third-order valence-corrected chi connectivity index (χ3v) is 4.28. The molecule has 3 atom stereocenters.